The molecular formula is C16H23N3O. The predicted octanol–water partition coefficient (Wildman–Crippen LogP) is 1.54. The third kappa shape index (κ3) is 2.42. The molecule has 3 fully saturated rings. The van der Waals surface area contributed by atoms with Gasteiger partial charge in [-0.2, -0.15) is 0 Å². The quantitative estimate of drug-likeness (QED) is 0.873. The zero-order valence-corrected chi connectivity index (χ0v) is 11.8. The van der Waals surface area contributed by atoms with Crippen molar-refractivity contribution in [1.29, 1.82) is 0 Å². The summed E-state index contributed by atoms with van der Waals surface area (Å²) >= 11 is 0. The molecule has 4 rings (SSSR count). The number of aliphatic hydroxyl groups excluding tert-OH is 1. The maximum Gasteiger partial charge on any atom is 0.128 e. The van der Waals surface area contributed by atoms with Crippen molar-refractivity contribution in [3.63, 3.8) is 0 Å². The molecule has 3 aliphatic rings. The van der Waals surface area contributed by atoms with Gasteiger partial charge in [0.05, 0.1) is 6.10 Å². The highest BCUT2D eigenvalue weighted by atomic mass is 16.3. The molecule has 1 saturated heterocycles. The van der Waals surface area contributed by atoms with E-state index < -0.39 is 0 Å². The molecule has 3 atom stereocenters. The highest BCUT2D eigenvalue weighted by Gasteiger charge is 2.42. The fourth-order valence-electron chi connectivity index (χ4n) is 3.68. The Morgan fingerprint density at radius 1 is 1.20 bits per heavy atom. The molecule has 0 spiro atoms. The van der Waals surface area contributed by atoms with E-state index in [9.17, 15) is 5.11 Å². The summed E-state index contributed by atoms with van der Waals surface area (Å²) in [7, 11) is 0. The molecule has 1 aromatic heterocycles. The molecule has 2 heterocycles. The van der Waals surface area contributed by atoms with Crippen molar-refractivity contribution in [3.05, 3.63) is 23.9 Å². The summed E-state index contributed by atoms with van der Waals surface area (Å²) in [6, 6.07) is 5.06. The van der Waals surface area contributed by atoms with E-state index in [4.69, 9.17) is 0 Å². The molecule has 1 aliphatic heterocycles. The van der Waals surface area contributed by atoms with Crippen LogP contribution in [0.3, 0.4) is 0 Å². The van der Waals surface area contributed by atoms with Crippen molar-refractivity contribution in [3.8, 4) is 0 Å². The first-order valence-corrected chi connectivity index (χ1v) is 7.91. The van der Waals surface area contributed by atoms with E-state index >= 15 is 0 Å². The maximum absolute atomic E-state index is 9.98. The Hall–Kier alpha value is -1.13. The smallest absolute Gasteiger partial charge is 0.128 e. The second-order valence-electron chi connectivity index (χ2n) is 6.65. The Labute approximate surface area is 120 Å². The van der Waals surface area contributed by atoms with Gasteiger partial charge in [0, 0.05) is 37.8 Å². The molecule has 4 heteroatoms. The molecule has 0 aromatic carbocycles. The summed E-state index contributed by atoms with van der Waals surface area (Å²) in [5.41, 5.74) is 1.26. The largest absolute Gasteiger partial charge is 0.393 e. The summed E-state index contributed by atoms with van der Waals surface area (Å²) in [5.74, 6) is 2.21. The SMILES string of the molecule is OC1CCC2CN(c3ccc(CNC4CC4)cn3)CC12. The van der Waals surface area contributed by atoms with E-state index in [0.29, 0.717) is 11.8 Å². The minimum absolute atomic E-state index is 0.0907. The van der Waals surface area contributed by atoms with E-state index in [1.165, 1.54) is 24.8 Å². The van der Waals surface area contributed by atoms with Crippen molar-refractivity contribution in [2.24, 2.45) is 11.8 Å². The molecule has 4 nitrogen and oxygen atoms in total. The predicted molar refractivity (Wildman–Crippen MR) is 78.5 cm³/mol. The summed E-state index contributed by atoms with van der Waals surface area (Å²) in [6.45, 7) is 2.97. The van der Waals surface area contributed by atoms with Crippen LogP contribution in [0.4, 0.5) is 5.82 Å². The molecule has 0 amide bonds. The Morgan fingerprint density at radius 3 is 2.80 bits per heavy atom. The molecular weight excluding hydrogens is 250 g/mol. The molecule has 108 valence electrons. The van der Waals surface area contributed by atoms with Crippen LogP contribution in [0.25, 0.3) is 0 Å². The monoisotopic (exact) mass is 273 g/mol. The molecule has 2 N–H and O–H groups in total. The van der Waals surface area contributed by atoms with Crippen molar-refractivity contribution < 1.29 is 5.11 Å². The Balaban J connectivity index is 1.39. The summed E-state index contributed by atoms with van der Waals surface area (Å²) in [6.07, 6.45) is 6.71. The normalized spacial score (nSPS) is 32.6. The number of hydrogen-bond acceptors (Lipinski definition) is 4. The van der Waals surface area contributed by atoms with Crippen molar-refractivity contribution >= 4 is 5.82 Å². The van der Waals surface area contributed by atoms with Crippen LogP contribution in [0.1, 0.15) is 31.2 Å². The number of anilines is 1. The van der Waals surface area contributed by atoms with E-state index in [1.807, 2.05) is 6.20 Å². The van der Waals surface area contributed by atoms with Gasteiger partial charge < -0.3 is 15.3 Å². The Kier molecular flexibility index (Phi) is 3.15. The first-order chi connectivity index (χ1) is 9.79. The molecule has 3 unspecified atom stereocenters. The van der Waals surface area contributed by atoms with Crippen LogP contribution in [-0.2, 0) is 6.54 Å². The van der Waals surface area contributed by atoms with Crippen molar-refractivity contribution in [2.75, 3.05) is 18.0 Å². The van der Waals surface area contributed by atoms with Crippen LogP contribution in [-0.4, -0.2) is 35.3 Å². The second-order valence-corrected chi connectivity index (χ2v) is 6.65. The number of pyridine rings is 1. The summed E-state index contributed by atoms with van der Waals surface area (Å²) in [5, 5.41) is 13.5. The molecule has 0 bridgehead atoms. The highest BCUT2D eigenvalue weighted by Crippen LogP contribution is 2.39. The van der Waals surface area contributed by atoms with Crippen LogP contribution in [0.2, 0.25) is 0 Å². The molecule has 2 aliphatic carbocycles. The lowest BCUT2D eigenvalue weighted by atomic mass is 10.00. The lowest BCUT2D eigenvalue weighted by Gasteiger charge is -2.19. The van der Waals surface area contributed by atoms with Gasteiger partial charge >= 0.3 is 0 Å². The topological polar surface area (TPSA) is 48.4 Å². The number of rotatable bonds is 4. The fraction of sp³-hybridized carbons (Fsp3) is 0.688. The molecule has 0 radical (unpaired) electrons. The minimum atomic E-state index is -0.0907. The van der Waals surface area contributed by atoms with Gasteiger partial charge in [0.15, 0.2) is 0 Å². The van der Waals surface area contributed by atoms with Crippen LogP contribution in [0.5, 0.6) is 0 Å². The lowest BCUT2D eigenvalue weighted by molar-refractivity contribution is 0.133. The molecule has 20 heavy (non-hydrogen) atoms. The Bertz CT molecular complexity index is 471. The van der Waals surface area contributed by atoms with Crippen molar-refractivity contribution in [1.82, 2.24) is 10.3 Å². The summed E-state index contributed by atoms with van der Waals surface area (Å²) < 4.78 is 0. The summed E-state index contributed by atoms with van der Waals surface area (Å²) in [4.78, 5) is 6.96. The van der Waals surface area contributed by atoms with E-state index in [1.54, 1.807) is 0 Å². The average Bonchev–Trinajstić information content (AvgIpc) is 3.10. The van der Waals surface area contributed by atoms with Gasteiger partial charge in [-0.1, -0.05) is 6.07 Å². The van der Waals surface area contributed by atoms with Gasteiger partial charge in [0.2, 0.25) is 0 Å². The average molecular weight is 273 g/mol. The fourth-order valence-corrected chi connectivity index (χ4v) is 3.68. The number of nitrogens with zero attached hydrogens (tertiary/aromatic N) is 2. The standard InChI is InChI=1S/C16H23N3O/c20-15-5-2-12-9-19(10-14(12)15)16-6-1-11(8-18-16)7-17-13-3-4-13/h1,6,8,12-15,17,20H,2-5,7,9-10H2. The van der Waals surface area contributed by atoms with Gasteiger partial charge in [-0.05, 0) is 43.2 Å². The first-order valence-electron chi connectivity index (χ1n) is 7.91. The van der Waals surface area contributed by atoms with E-state index in [2.05, 4.69) is 27.3 Å². The lowest BCUT2D eigenvalue weighted by Crippen LogP contribution is -2.25. The van der Waals surface area contributed by atoms with Gasteiger partial charge in [-0.3, -0.25) is 0 Å². The third-order valence-corrected chi connectivity index (χ3v) is 5.12. The van der Waals surface area contributed by atoms with Gasteiger partial charge in [0.25, 0.3) is 0 Å². The zero-order valence-electron chi connectivity index (χ0n) is 11.8. The van der Waals surface area contributed by atoms with Crippen LogP contribution < -0.4 is 10.2 Å². The van der Waals surface area contributed by atoms with Crippen LogP contribution in [0.15, 0.2) is 18.3 Å². The first kappa shape index (κ1) is 12.6. The third-order valence-electron chi connectivity index (χ3n) is 5.12. The second kappa shape index (κ2) is 5.01. The molecule has 2 saturated carbocycles. The van der Waals surface area contributed by atoms with Gasteiger partial charge in [0.1, 0.15) is 5.82 Å². The number of hydrogen-bond donors (Lipinski definition) is 2. The van der Waals surface area contributed by atoms with E-state index in [-0.39, 0.29) is 6.10 Å². The Morgan fingerprint density at radius 2 is 2.10 bits per heavy atom. The highest BCUT2D eigenvalue weighted by molar-refractivity contribution is 5.41. The van der Waals surface area contributed by atoms with Crippen LogP contribution >= 0.6 is 0 Å². The number of fused-ring (bicyclic) bond motifs is 1. The molecule has 1 aromatic rings. The number of nitrogens with one attached hydrogen (secondary N) is 1. The van der Waals surface area contributed by atoms with Crippen molar-refractivity contribution in [2.45, 2.75) is 44.4 Å². The van der Waals surface area contributed by atoms with Gasteiger partial charge in [-0.15, -0.1) is 0 Å². The minimum Gasteiger partial charge on any atom is -0.393 e. The van der Waals surface area contributed by atoms with E-state index in [0.717, 1.165) is 37.9 Å². The number of aromatic nitrogens is 1. The number of aliphatic hydroxyl groups is 1. The maximum atomic E-state index is 9.98. The zero-order chi connectivity index (χ0) is 13.5. The van der Waals surface area contributed by atoms with Gasteiger partial charge in [-0.25, -0.2) is 4.98 Å². The van der Waals surface area contributed by atoms with Crippen LogP contribution in [0, 0.1) is 11.8 Å².